The molecule has 164 valence electrons. The number of hydrogen-bond acceptors (Lipinski definition) is 2. The summed E-state index contributed by atoms with van der Waals surface area (Å²) in [4.78, 5) is 2.18. The fourth-order valence-electron chi connectivity index (χ4n) is 4.88. The summed E-state index contributed by atoms with van der Waals surface area (Å²) in [5, 5.41) is 15.0. The molecule has 0 aliphatic rings. The van der Waals surface area contributed by atoms with E-state index in [1.165, 1.54) is 16.2 Å². The topological polar surface area (TPSA) is 27.0 Å². The molecule has 0 saturated carbocycles. The number of nitrogens with zero attached hydrogens (tertiary/aromatic N) is 2. The molecule has 0 N–H and O–H groups in total. The second-order valence-corrected chi connectivity index (χ2v) is 8.54. The fraction of sp³-hybridized carbons (Fsp3) is 0. The predicted octanol–water partition coefficient (Wildman–Crippen LogP) is 9.00. The first-order chi connectivity index (χ1) is 17.3. The van der Waals surface area contributed by atoms with Gasteiger partial charge in [-0.1, -0.05) is 91.0 Å². The number of rotatable bonds is 4. The van der Waals surface area contributed by atoms with Crippen molar-refractivity contribution in [3.63, 3.8) is 0 Å². The Morgan fingerprint density at radius 2 is 1.03 bits per heavy atom. The highest BCUT2D eigenvalue weighted by Gasteiger charge is 2.16. The van der Waals surface area contributed by atoms with E-state index >= 15 is 0 Å². The molecule has 0 spiro atoms. The van der Waals surface area contributed by atoms with Gasteiger partial charge in [0, 0.05) is 22.6 Å². The Balaban J connectivity index is 1.57. The maximum atomic E-state index is 10.2. The highest BCUT2D eigenvalue weighted by Crippen LogP contribution is 2.40. The van der Waals surface area contributed by atoms with E-state index in [9.17, 15) is 5.26 Å². The van der Waals surface area contributed by atoms with Crippen LogP contribution in [0.4, 0.5) is 17.1 Å². The van der Waals surface area contributed by atoms with E-state index in [4.69, 9.17) is 0 Å². The highest BCUT2D eigenvalue weighted by molar-refractivity contribution is 6.14. The van der Waals surface area contributed by atoms with Gasteiger partial charge in [0.05, 0.1) is 11.6 Å². The van der Waals surface area contributed by atoms with Gasteiger partial charge in [-0.25, -0.2) is 0 Å². The van der Waals surface area contributed by atoms with E-state index in [1.807, 2.05) is 42.5 Å². The normalized spacial score (nSPS) is 10.8. The number of fused-ring (bicyclic) bond motifs is 3. The van der Waals surface area contributed by atoms with E-state index in [2.05, 4.69) is 102 Å². The van der Waals surface area contributed by atoms with Crippen LogP contribution >= 0.6 is 0 Å². The third kappa shape index (κ3) is 3.70. The van der Waals surface area contributed by atoms with Crippen molar-refractivity contribution in [2.24, 2.45) is 0 Å². The van der Waals surface area contributed by atoms with Crippen molar-refractivity contribution < 1.29 is 0 Å². The first kappa shape index (κ1) is 20.7. The minimum Gasteiger partial charge on any atom is -0.310 e. The van der Waals surface area contributed by atoms with Crippen LogP contribution in [0.2, 0.25) is 0 Å². The quantitative estimate of drug-likeness (QED) is 0.253. The van der Waals surface area contributed by atoms with Crippen molar-refractivity contribution >= 4 is 38.6 Å². The molecule has 0 atom stereocenters. The molecular formula is C33H22N2. The summed E-state index contributed by atoms with van der Waals surface area (Å²) in [6.07, 6.45) is 0. The summed E-state index contributed by atoms with van der Waals surface area (Å²) in [6.45, 7) is 0. The fourth-order valence-corrected chi connectivity index (χ4v) is 4.88. The SMILES string of the molecule is N#Cc1cc(N(c2ccccc2)c2ccccc2)ccc1-c1cc2ccccc2c2ccccc12. The number of hydrogen-bond donors (Lipinski definition) is 0. The van der Waals surface area contributed by atoms with Gasteiger partial charge in [0.2, 0.25) is 0 Å². The molecule has 6 aromatic rings. The van der Waals surface area contributed by atoms with Crippen LogP contribution in [0.5, 0.6) is 0 Å². The van der Waals surface area contributed by atoms with Crippen molar-refractivity contribution in [2.45, 2.75) is 0 Å². The molecule has 0 heterocycles. The monoisotopic (exact) mass is 446 g/mol. The second kappa shape index (κ2) is 8.82. The second-order valence-electron chi connectivity index (χ2n) is 8.54. The molecule has 0 bridgehead atoms. The van der Waals surface area contributed by atoms with Crippen LogP contribution in [0.15, 0.2) is 133 Å². The third-order valence-corrected chi connectivity index (χ3v) is 6.47. The highest BCUT2D eigenvalue weighted by atomic mass is 15.1. The zero-order chi connectivity index (χ0) is 23.6. The van der Waals surface area contributed by atoms with Gasteiger partial charge in [0.15, 0.2) is 0 Å². The molecular weight excluding hydrogens is 424 g/mol. The zero-order valence-corrected chi connectivity index (χ0v) is 19.1. The minimum atomic E-state index is 0.653. The number of para-hydroxylation sites is 2. The summed E-state index contributed by atoms with van der Waals surface area (Å²) in [7, 11) is 0. The summed E-state index contributed by atoms with van der Waals surface area (Å²) in [5.74, 6) is 0. The molecule has 6 aromatic carbocycles. The summed E-state index contributed by atoms with van der Waals surface area (Å²) < 4.78 is 0. The Morgan fingerprint density at radius 1 is 0.457 bits per heavy atom. The van der Waals surface area contributed by atoms with Crippen LogP contribution in [-0.2, 0) is 0 Å². The van der Waals surface area contributed by atoms with E-state index in [1.54, 1.807) is 0 Å². The van der Waals surface area contributed by atoms with Crippen molar-refractivity contribution in [3.05, 3.63) is 139 Å². The standard InChI is InChI=1S/C33H22N2/c34-23-25-21-28(35(26-12-3-1-4-13-26)27-14-5-2-6-15-27)19-20-30(25)33-22-24-11-7-8-16-29(24)31-17-9-10-18-32(31)33/h1-22H. The van der Waals surface area contributed by atoms with E-state index in [0.717, 1.165) is 33.6 Å². The predicted molar refractivity (Wildman–Crippen MR) is 146 cm³/mol. The maximum absolute atomic E-state index is 10.2. The molecule has 2 heteroatoms. The van der Waals surface area contributed by atoms with Crippen LogP contribution in [0.3, 0.4) is 0 Å². The molecule has 6 rings (SSSR count). The van der Waals surface area contributed by atoms with Crippen molar-refractivity contribution in [1.82, 2.24) is 0 Å². The van der Waals surface area contributed by atoms with Gasteiger partial charge in [0.25, 0.3) is 0 Å². The molecule has 0 saturated heterocycles. The molecule has 2 nitrogen and oxygen atoms in total. The summed E-state index contributed by atoms with van der Waals surface area (Å²) >= 11 is 0. The lowest BCUT2D eigenvalue weighted by Gasteiger charge is -2.26. The van der Waals surface area contributed by atoms with Crippen LogP contribution in [0.1, 0.15) is 5.56 Å². The van der Waals surface area contributed by atoms with Crippen LogP contribution in [0.25, 0.3) is 32.7 Å². The molecule has 35 heavy (non-hydrogen) atoms. The van der Waals surface area contributed by atoms with Crippen LogP contribution in [-0.4, -0.2) is 0 Å². The van der Waals surface area contributed by atoms with Gasteiger partial charge in [-0.15, -0.1) is 0 Å². The van der Waals surface area contributed by atoms with Crippen molar-refractivity contribution in [3.8, 4) is 17.2 Å². The number of anilines is 3. The van der Waals surface area contributed by atoms with Gasteiger partial charge < -0.3 is 4.90 Å². The van der Waals surface area contributed by atoms with E-state index in [0.29, 0.717) is 5.56 Å². The van der Waals surface area contributed by atoms with Gasteiger partial charge in [-0.2, -0.15) is 5.26 Å². The van der Waals surface area contributed by atoms with Gasteiger partial charge in [-0.3, -0.25) is 0 Å². The summed E-state index contributed by atoms with van der Waals surface area (Å²) in [6, 6.07) is 48.3. The lowest BCUT2D eigenvalue weighted by atomic mass is 9.91. The van der Waals surface area contributed by atoms with E-state index in [-0.39, 0.29) is 0 Å². The Hall–Kier alpha value is -4.87. The van der Waals surface area contributed by atoms with E-state index < -0.39 is 0 Å². The van der Waals surface area contributed by atoms with Crippen molar-refractivity contribution in [2.75, 3.05) is 4.90 Å². The third-order valence-electron chi connectivity index (χ3n) is 6.47. The average Bonchev–Trinajstić information content (AvgIpc) is 2.94. The Labute approximate surface area is 204 Å². The Morgan fingerprint density at radius 3 is 1.69 bits per heavy atom. The first-order valence-electron chi connectivity index (χ1n) is 11.7. The Kier molecular flexibility index (Phi) is 5.22. The molecule has 0 amide bonds. The number of nitriles is 1. The van der Waals surface area contributed by atoms with Gasteiger partial charge >= 0.3 is 0 Å². The lowest BCUT2D eigenvalue weighted by Crippen LogP contribution is -2.10. The van der Waals surface area contributed by atoms with Gasteiger partial charge in [0.1, 0.15) is 0 Å². The largest absolute Gasteiger partial charge is 0.310 e. The molecule has 0 aliphatic heterocycles. The molecule has 0 radical (unpaired) electrons. The van der Waals surface area contributed by atoms with Crippen LogP contribution < -0.4 is 4.90 Å². The zero-order valence-electron chi connectivity index (χ0n) is 19.1. The lowest BCUT2D eigenvalue weighted by molar-refractivity contribution is 1.28. The molecule has 0 aliphatic carbocycles. The smallest absolute Gasteiger partial charge is 0.0998 e. The average molecular weight is 447 g/mol. The minimum absolute atomic E-state index is 0.653. The molecule has 0 aromatic heterocycles. The van der Waals surface area contributed by atoms with Gasteiger partial charge in [-0.05, 0) is 69.6 Å². The maximum Gasteiger partial charge on any atom is 0.0998 e. The van der Waals surface area contributed by atoms with Crippen molar-refractivity contribution in [1.29, 1.82) is 5.26 Å². The summed E-state index contributed by atoms with van der Waals surface area (Å²) in [5.41, 5.74) is 5.72. The number of benzene rings is 6. The first-order valence-corrected chi connectivity index (χ1v) is 11.7. The molecule has 0 unspecified atom stereocenters. The van der Waals surface area contributed by atoms with Crippen LogP contribution in [0, 0.1) is 11.3 Å². The molecule has 0 fully saturated rings. The Bertz CT molecular complexity index is 1660.